The Morgan fingerprint density at radius 3 is 2.72 bits per heavy atom. The second kappa shape index (κ2) is 6.02. The van der Waals surface area contributed by atoms with Crippen LogP contribution in [0.4, 0.5) is 5.13 Å². The first-order chi connectivity index (χ1) is 8.65. The van der Waals surface area contributed by atoms with E-state index in [0.717, 1.165) is 4.90 Å². The van der Waals surface area contributed by atoms with E-state index in [2.05, 4.69) is 10.3 Å². The van der Waals surface area contributed by atoms with Gasteiger partial charge in [-0.1, -0.05) is 17.7 Å². The molecule has 0 aliphatic rings. The molecule has 0 saturated carbocycles. The van der Waals surface area contributed by atoms with Gasteiger partial charge in [0.2, 0.25) is 5.91 Å². The van der Waals surface area contributed by atoms with Gasteiger partial charge in [-0.2, -0.15) is 0 Å². The summed E-state index contributed by atoms with van der Waals surface area (Å²) in [5.74, 6) is -0.0180. The van der Waals surface area contributed by atoms with Crippen LogP contribution in [0.1, 0.15) is 12.5 Å². The number of anilines is 1. The summed E-state index contributed by atoms with van der Waals surface area (Å²) in [6, 6.07) is 8.17. The zero-order chi connectivity index (χ0) is 13.0. The molecule has 0 unspecified atom stereocenters. The molecule has 1 aromatic carbocycles. The van der Waals surface area contributed by atoms with Gasteiger partial charge in [-0.15, -0.1) is 23.1 Å². The van der Waals surface area contributed by atoms with Crippen LogP contribution in [0.15, 0.2) is 40.7 Å². The number of nitrogens with zero attached hydrogens (tertiary/aromatic N) is 1. The maximum Gasteiger partial charge on any atom is 0.239 e. The van der Waals surface area contributed by atoms with Crippen LogP contribution >= 0.6 is 23.1 Å². The highest BCUT2D eigenvalue weighted by Crippen LogP contribution is 2.24. The van der Waals surface area contributed by atoms with E-state index in [0.29, 0.717) is 5.13 Å². The van der Waals surface area contributed by atoms with E-state index in [1.54, 1.807) is 18.0 Å². The third-order valence-corrected chi connectivity index (χ3v) is 4.17. The highest BCUT2D eigenvalue weighted by atomic mass is 32.2. The zero-order valence-corrected chi connectivity index (χ0v) is 11.8. The van der Waals surface area contributed by atoms with Crippen molar-refractivity contribution < 1.29 is 4.79 Å². The molecule has 0 saturated heterocycles. The summed E-state index contributed by atoms with van der Waals surface area (Å²) in [7, 11) is 0. The van der Waals surface area contributed by atoms with Crippen molar-refractivity contribution in [2.24, 2.45) is 0 Å². The zero-order valence-electron chi connectivity index (χ0n) is 10.2. The van der Waals surface area contributed by atoms with Gasteiger partial charge in [-0.3, -0.25) is 4.79 Å². The van der Waals surface area contributed by atoms with Crippen LogP contribution in [0.3, 0.4) is 0 Å². The lowest BCUT2D eigenvalue weighted by Crippen LogP contribution is -2.22. The van der Waals surface area contributed by atoms with Gasteiger partial charge in [-0.25, -0.2) is 4.98 Å². The highest BCUT2D eigenvalue weighted by Gasteiger charge is 2.15. The first-order valence-corrected chi connectivity index (χ1v) is 7.35. The molecule has 1 atom stereocenters. The van der Waals surface area contributed by atoms with E-state index in [-0.39, 0.29) is 11.2 Å². The molecule has 3 nitrogen and oxygen atoms in total. The second-order valence-electron chi connectivity index (χ2n) is 3.90. The molecule has 18 heavy (non-hydrogen) atoms. The Kier molecular flexibility index (Phi) is 4.38. The lowest BCUT2D eigenvalue weighted by atomic mass is 10.2. The van der Waals surface area contributed by atoms with Gasteiger partial charge in [0.15, 0.2) is 5.13 Å². The summed E-state index contributed by atoms with van der Waals surface area (Å²) in [4.78, 5) is 17.1. The molecule has 1 N–H and O–H groups in total. The molecule has 1 aromatic heterocycles. The number of amides is 1. The molecular weight excluding hydrogens is 264 g/mol. The number of hydrogen-bond acceptors (Lipinski definition) is 4. The van der Waals surface area contributed by atoms with Gasteiger partial charge in [0, 0.05) is 16.5 Å². The molecule has 5 heteroatoms. The van der Waals surface area contributed by atoms with Gasteiger partial charge in [0.25, 0.3) is 0 Å². The van der Waals surface area contributed by atoms with Gasteiger partial charge >= 0.3 is 0 Å². The van der Waals surface area contributed by atoms with E-state index in [9.17, 15) is 4.79 Å². The number of aryl methyl sites for hydroxylation is 1. The standard InChI is InChI=1S/C13H14N2OS2/c1-9-3-5-11(6-4-9)18-10(2)12(16)15-13-14-7-8-17-13/h3-8,10H,1-2H3,(H,14,15,16)/t10-/m0/s1. The summed E-state index contributed by atoms with van der Waals surface area (Å²) < 4.78 is 0. The first kappa shape index (κ1) is 13.1. The molecule has 0 bridgehead atoms. The van der Waals surface area contributed by atoms with Crippen LogP contribution in [-0.4, -0.2) is 16.1 Å². The molecule has 2 aromatic rings. The Labute approximate surface area is 115 Å². The quantitative estimate of drug-likeness (QED) is 0.869. The van der Waals surface area contributed by atoms with Gasteiger partial charge in [-0.05, 0) is 26.0 Å². The van der Waals surface area contributed by atoms with Crippen LogP contribution in [0, 0.1) is 6.92 Å². The number of rotatable bonds is 4. The second-order valence-corrected chi connectivity index (χ2v) is 6.21. The van der Waals surface area contributed by atoms with E-state index in [1.807, 2.05) is 43.5 Å². The number of thiazole rings is 1. The van der Waals surface area contributed by atoms with Gasteiger partial charge < -0.3 is 5.32 Å². The predicted molar refractivity (Wildman–Crippen MR) is 77.2 cm³/mol. The molecule has 94 valence electrons. The number of carbonyl (C=O) groups is 1. The smallest absolute Gasteiger partial charge is 0.239 e. The van der Waals surface area contributed by atoms with Crippen molar-refractivity contribution in [1.82, 2.24) is 4.98 Å². The number of aromatic nitrogens is 1. The average molecular weight is 278 g/mol. The summed E-state index contributed by atoms with van der Waals surface area (Å²) in [6.07, 6.45) is 1.68. The van der Waals surface area contributed by atoms with Crippen molar-refractivity contribution in [1.29, 1.82) is 0 Å². The third kappa shape index (κ3) is 3.58. The Morgan fingerprint density at radius 2 is 2.11 bits per heavy atom. The predicted octanol–water partition coefficient (Wildman–Crippen LogP) is 3.57. The minimum atomic E-state index is -0.142. The Bertz CT molecular complexity index is 508. The van der Waals surface area contributed by atoms with Crippen molar-refractivity contribution >= 4 is 34.1 Å². The Hall–Kier alpha value is -1.33. The molecule has 0 radical (unpaired) electrons. The van der Waals surface area contributed by atoms with E-state index >= 15 is 0 Å². The SMILES string of the molecule is Cc1ccc(S[C@@H](C)C(=O)Nc2nccs2)cc1. The fraction of sp³-hybridized carbons (Fsp3) is 0.231. The monoisotopic (exact) mass is 278 g/mol. The summed E-state index contributed by atoms with van der Waals surface area (Å²) in [5.41, 5.74) is 1.22. The van der Waals surface area contributed by atoms with Crippen LogP contribution < -0.4 is 5.32 Å². The Morgan fingerprint density at radius 1 is 1.39 bits per heavy atom. The van der Waals surface area contributed by atoms with Gasteiger partial charge in [0.05, 0.1) is 5.25 Å². The topological polar surface area (TPSA) is 42.0 Å². The summed E-state index contributed by atoms with van der Waals surface area (Å²) in [5, 5.41) is 5.15. The number of nitrogens with one attached hydrogen (secondary N) is 1. The highest BCUT2D eigenvalue weighted by molar-refractivity contribution is 8.00. The van der Waals surface area contributed by atoms with Crippen LogP contribution in [0.5, 0.6) is 0 Å². The van der Waals surface area contributed by atoms with E-state index in [4.69, 9.17) is 0 Å². The fourth-order valence-electron chi connectivity index (χ4n) is 1.37. The third-order valence-electron chi connectivity index (χ3n) is 2.37. The fourth-order valence-corrected chi connectivity index (χ4v) is 2.77. The van der Waals surface area contributed by atoms with E-state index in [1.165, 1.54) is 16.9 Å². The normalized spacial score (nSPS) is 12.1. The van der Waals surface area contributed by atoms with Crippen molar-refractivity contribution in [3.63, 3.8) is 0 Å². The summed E-state index contributed by atoms with van der Waals surface area (Å²) >= 11 is 2.97. The van der Waals surface area contributed by atoms with Crippen LogP contribution in [0.2, 0.25) is 0 Å². The molecule has 0 aliphatic heterocycles. The van der Waals surface area contributed by atoms with Crippen molar-refractivity contribution in [3.8, 4) is 0 Å². The average Bonchev–Trinajstić information content (AvgIpc) is 2.85. The lowest BCUT2D eigenvalue weighted by Gasteiger charge is -2.10. The number of benzene rings is 1. The molecule has 0 fully saturated rings. The van der Waals surface area contributed by atoms with Crippen LogP contribution in [-0.2, 0) is 4.79 Å². The maximum atomic E-state index is 11.9. The number of thioether (sulfide) groups is 1. The lowest BCUT2D eigenvalue weighted by molar-refractivity contribution is -0.115. The van der Waals surface area contributed by atoms with Crippen molar-refractivity contribution in [2.75, 3.05) is 5.32 Å². The minimum Gasteiger partial charge on any atom is -0.301 e. The first-order valence-electron chi connectivity index (χ1n) is 5.59. The molecule has 0 spiro atoms. The molecule has 1 heterocycles. The molecule has 0 aliphatic carbocycles. The number of carbonyl (C=O) groups excluding carboxylic acids is 1. The van der Waals surface area contributed by atoms with Gasteiger partial charge in [0.1, 0.15) is 0 Å². The van der Waals surface area contributed by atoms with Crippen LogP contribution in [0.25, 0.3) is 0 Å². The Balaban J connectivity index is 1.93. The maximum absolute atomic E-state index is 11.9. The van der Waals surface area contributed by atoms with E-state index < -0.39 is 0 Å². The minimum absolute atomic E-state index is 0.0180. The summed E-state index contributed by atoms with van der Waals surface area (Å²) in [6.45, 7) is 3.94. The molecule has 2 rings (SSSR count). The molecular formula is C13H14N2OS2. The number of hydrogen-bond donors (Lipinski definition) is 1. The van der Waals surface area contributed by atoms with Crippen molar-refractivity contribution in [3.05, 3.63) is 41.4 Å². The molecule has 1 amide bonds. The largest absolute Gasteiger partial charge is 0.301 e. The van der Waals surface area contributed by atoms with Crippen molar-refractivity contribution in [2.45, 2.75) is 24.0 Å².